The van der Waals surface area contributed by atoms with Gasteiger partial charge >= 0.3 is 0 Å². The smallest absolute Gasteiger partial charge is 0.213 e. The molecule has 1 aromatic carbocycles. The van der Waals surface area contributed by atoms with Crippen LogP contribution in [0.1, 0.15) is 0 Å². The molecule has 1 aromatic rings. The van der Waals surface area contributed by atoms with Crippen molar-refractivity contribution >= 4 is 26.5 Å². The van der Waals surface area contributed by atoms with Gasteiger partial charge in [0.1, 0.15) is 0 Å². The summed E-state index contributed by atoms with van der Waals surface area (Å²) >= 11 is 0. The molecular formula is C6H6N2Si2. The van der Waals surface area contributed by atoms with Gasteiger partial charge in [-0.15, -0.1) is 0 Å². The zero-order valence-corrected chi connectivity index (χ0v) is 7.33. The highest BCUT2D eigenvalue weighted by molar-refractivity contribution is 6.21. The summed E-state index contributed by atoms with van der Waals surface area (Å²) in [5, 5.41) is 2.73. The van der Waals surface area contributed by atoms with Crippen LogP contribution < -0.4 is 9.77 Å². The van der Waals surface area contributed by atoms with Gasteiger partial charge in [0.05, 0.1) is 0 Å². The first-order chi connectivity index (χ1) is 4.84. The van der Waals surface area contributed by atoms with Crippen molar-refractivity contribution in [1.82, 2.24) is 5.09 Å². The molecule has 0 aliphatic rings. The first-order valence-electron chi connectivity index (χ1n) is 2.83. The predicted molar refractivity (Wildman–Crippen MR) is 43.6 cm³/mol. The molecule has 6 radical (unpaired) electrons. The Morgan fingerprint density at radius 3 is 2.30 bits per heavy atom. The SMILES string of the molecule is [Si]NN([Si])c1ccccc1. The van der Waals surface area contributed by atoms with Crippen molar-refractivity contribution in [2.75, 3.05) is 4.67 Å². The van der Waals surface area contributed by atoms with Crippen molar-refractivity contribution in [2.24, 2.45) is 0 Å². The summed E-state index contributed by atoms with van der Waals surface area (Å²) in [5.74, 6) is 0. The van der Waals surface area contributed by atoms with Crippen LogP contribution in [0.15, 0.2) is 30.3 Å². The van der Waals surface area contributed by atoms with E-state index in [1.807, 2.05) is 30.3 Å². The van der Waals surface area contributed by atoms with Gasteiger partial charge in [-0.3, -0.25) is 5.09 Å². The van der Waals surface area contributed by atoms with Gasteiger partial charge in [-0.1, -0.05) is 18.2 Å². The summed E-state index contributed by atoms with van der Waals surface area (Å²) in [6.07, 6.45) is 0. The average molecular weight is 162 g/mol. The lowest BCUT2D eigenvalue weighted by Gasteiger charge is -2.16. The molecule has 0 heterocycles. The van der Waals surface area contributed by atoms with Crippen LogP contribution in [-0.2, 0) is 0 Å². The molecule has 0 atom stereocenters. The summed E-state index contributed by atoms with van der Waals surface area (Å²) in [4.78, 5) is 0. The summed E-state index contributed by atoms with van der Waals surface area (Å²) in [6.45, 7) is 0. The quantitative estimate of drug-likeness (QED) is 0.492. The molecule has 0 aromatic heterocycles. The highest BCUT2D eigenvalue weighted by Gasteiger charge is 1.92. The lowest BCUT2D eigenvalue weighted by molar-refractivity contribution is 1.06. The van der Waals surface area contributed by atoms with E-state index in [9.17, 15) is 0 Å². The largest absolute Gasteiger partial charge is 0.346 e. The van der Waals surface area contributed by atoms with Crippen LogP contribution in [0, 0.1) is 0 Å². The van der Waals surface area contributed by atoms with Crippen LogP contribution in [0.3, 0.4) is 0 Å². The Labute approximate surface area is 67.2 Å². The molecule has 0 saturated heterocycles. The van der Waals surface area contributed by atoms with Gasteiger partial charge in [0, 0.05) is 5.69 Å². The third kappa shape index (κ3) is 1.69. The van der Waals surface area contributed by atoms with Crippen LogP contribution in [0.4, 0.5) is 5.69 Å². The highest BCUT2D eigenvalue weighted by atomic mass is 28.2. The monoisotopic (exact) mass is 162 g/mol. The zero-order chi connectivity index (χ0) is 7.40. The lowest BCUT2D eigenvalue weighted by atomic mass is 10.3. The fourth-order valence-electron chi connectivity index (χ4n) is 0.642. The van der Waals surface area contributed by atoms with Crippen molar-refractivity contribution < 1.29 is 0 Å². The molecular weight excluding hydrogens is 156 g/mol. The maximum atomic E-state index is 3.31. The minimum atomic E-state index is 1.04. The van der Waals surface area contributed by atoms with E-state index in [2.05, 4.69) is 25.9 Å². The van der Waals surface area contributed by atoms with Crippen molar-refractivity contribution in [3.63, 3.8) is 0 Å². The molecule has 0 saturated carbocycles. The molecule has 0 spiro atoms. The third-order valence-electron chi connectivity index (χ3n) is 1.13. The Hall–Kier alpha value is -0.586. The summed E-state index contributed by atoms with van der Waals surface area (Å²) in [6, 6.07) is 9.84. The lowest BCUT2D eigenvalue weighted by Crippen LogP contribution is -2.33. The molecule has 48 valence electrons. The van der Waals surface area contributed by atoms with E-state index in [4.69, 9.17) is 0 Å². The number of para-hydroxylation sites is 1. The van der Waals surface area contributed by atoms with Gasteiger partial charge in [-0.2, -0.15) is 0 Å². The number of nitrogens with zero attached hydrogens (tertiary/aromatic N) is 1. The number of hydrogen-bond acceptors (Lipinski definition) is 2. The molecule has 4 heteroatoms. The van der Waals surface area contributed by atoms with Gasteiger partial charge in [0.2, 0.25) is 10.4 Å². The number of benzene rings is 1. The number of nitrogens with one attached hydrogen (secondary N) is 1. The molecule has 10 heavy (non-hydrogen) atoms. The van der Waals surface area contributed by atoms with E-state index < -0.39 is 0 Å². The summed E-state index contributed by atoms with van der Waals surface area (Å²) in [7, 11) is 6.43. The Kier molecular flexibility index (Phi) is 2.67. The second kappa shape index (κ2) is 3.55. The minimum Gasteiger partial charge on any atom is -0.346 e. The molecule has 0 bridgehead atoms. The van der Waals surface area contributed by atoms with Gasteiger partial charge < -0.3 is 4.67 Å². The Bertz CT molecular complexity index is 190. The molecule has 1 rings (SSSR count). The molecule has 2 nitrogen and oxygen atoms in total. The summed E-state index contributed by atoms with van der Waals surface area (Å²) < 4.78 is 1.68. The topological polar surface area (TPSA) is 15.3 Å². The van der Waals surface area contributed by atoms with Crippen LogP contribution in [0.5, 0.6) is 0 Å². The number of rotatable bonds is 2. The van der Waals surface area contributed by atoms with Crippen LogP contribution in [0.25, 0.3) is 0 Å². The van der Waals surface area contributed by atoms with E-state index in [0.717, 1.165) is 5.69 Å². The van der Waals surface area contributed by atoms with Crippen molar-refractivity contribution in [1.29, 1.82) is 0 Å². The average Bonchev–Trinajstić information content (AvgIpc) is 2.05. The third-order valence-corrected chi connectivity index (χ3v) is 1.94. The zero-order valence-electron chi connectivity index (χ0n) is 5.33. The summed E-state index contributed by atoms with van der Waals surface area (Å²) in [5.41, 5.74) is 1.04. The molecule has 1 N–H and O–H groups in total. The maximum absolute atomic E-state index is 3.31. The van der Waals surface area contributed by atoms with E-state index in [0.29, 0.717) is 0 Å². The number of anilines is 1. The number of hydrogen-bond donors (Lipinski definition) is 1. The van der Waals surface area contributed by atoms with E-state index in [-0.39, 0.29) is 0 Å². The molecule has 0 aliphatic heterocycles. The van der Waals surface area contributed by atoms with Crippen molar-refractivity contribution in [3.8, 4) is 0 Å². The molecule has 0 amide bonds. The van der Waals surface area contributed by atoms with E-state index in [1.54, 1.807) is 4.67 Å². The van der Waals surface area contributed by atoms with Gasteiger partial charge in [-0.25, -0.2) is 0 Å². The second-order valence-electron chi connectivity index (χ2n) is 1.78. The first-order valence-corrected chi connectivity index (χ1v) is 3.78. The van der Waals surface area contributed by atoms with Crippen molar-refractivity contribution in [2.45, 2.75) is 0 Å². The maximum Gasteiger partial charge on any atom is 0.213 e. The Morgan fingerprint density at radius 2 is 1.80 bits per heavy atom. The van der Waals surface area contributed by atoms with Gasteiger partial charge in [0.25, 0.3) is 0 Å². The van der Waals surface area contributed by atoms with Crippen molar-refractivity contribution in [3.05, 3.63) is 30.3 Å². The fraction of sp³-hybridized carbons (Fsp3) is 0. The van der Waals surface area contributed by atoms with E-state index in [1.165, 1.54) is 0 Å². The number of hydrazine groups is 1. The fourth-order valence-corrected chi connectivity index (χ4v) is 0.920. The normalized spacial score (nSPS) is 9.40. The minimum absolute atomic E-state index is 1.04. The second-order valence-corrected chi connectivity index (χ2v) is 2.45. The molecule has 0 unspecified atom stereocenters. The van der Waals surface area contributed by atoms with Gasteiger partial charge in [-0.05, 0) is 12.1 Å². The predicted octanol–water partition coefficient (Wildman–Crippen LogP) is 0.165. The first kappa shape index (κ1) is 7.52. The molecule has 0 aliphatic carbocycles. The van der Waals surface area contributed by atoms with E-state index >= 15 is 0 Å². The standard InChI is InChI=1S/C6H6N2Si2/c9-7-8(10)6-4-2-1-3-5-6/h1-5,7H. The van der Waals surface area contributed by atoms with Crippen LogP contribution in [0.2, 0.25) is 0 Å². The Morgan fingerprint density at radius 1 is 1.20 bits per heavy atom. The Balaban J connectivity index is 2.75. The van der Waals surface area contributed by atoms with Crippen LogP contribution in [-0.4, -0.2) is 20.8 Å². The van der Waals surface area contributed by atoms with Crippen LogP contribution >= 0.6 is 0 Å². The highest BCUT2D eigenvalue weighted by Crippen LogP contribution is 2.06. The van der Waals surface area contributed by atoms with Gasteiger partial charge in [0.15, 0.2) is 10.4 Å². The molecule has 0 fully saturated rings.